The number of ether oxygens (including phenoxy) is 2. The fourth-order valence-corrected chi connectivity index (χ4v) is 3.25. The van der Waals surface area contributed by atoms with Crippen LogP contribution < -0.4 is 0 Å². The lowest BCUT2D eigenvalue weighted by Crippen LogP contribution is -2.17. The molecule has 0 fully saturated rings. The van der Waals surface area contributed by atoms with Crippen molar-refractivity contribution in [2.24, 2.45) is 0 Å². The molecule has 0 amide bonds. The molecule has 8 heteroatoms. The fraction of sp³-hybridized carbons (Fsp3) is 0.368. The molecule has 27 heavy (non-hydrogen) atoms. The van der Waals surface area contributed by atoms with E-state index in [-0.39, 0.29) is 16.6 Å². The van der Waals surface area contributed by atoms with Gasteiger partial charge in [-0.1, -0.05) is 11.6 Å². The van der Waals surface area contributed by atoms with Gasteiger partial charge in [-0.05, 0) is 39.0 Å². The second-order valence-electron chi connectivity index (χ2n) is 6.20. The number of Topliss-reactive ketones (excluding diaryl/α,β-unsaturated/α-hetero) is 1. The Morgan fingerprint density at radius 2 is 1.78 bits per heavy atom. The topological polar surface area (TPSA) is 57.5 Å². The number of rotatable bonds is 7. The van der Waals surface area contributed by atoms with Gasteiger partial charge in [-0.2, -0.15) is 0 Å². The number of esters is 1. The zero-order chi connectivity index (χ0) is 20.3. The number of aromatic nitrogens is 1. The predicted molar refractivity (Wildman–Crippen MR) is 96.5 cm³/mol. The van der Waals surface area contributed by atoms with Crippen LogP contribution in [0.15, 0.2) is 18.2 Å². The summed E-state index contributed by atoms with van der Waals surface area (Å²) in [5.74, 6) is -3.82. The van der Waals surface area contributed by atoms with Gasteiger partial charge in [0.15, 0.2) is 18.2 Å². The lowest BCUT2D eigenvalue weighted by atomic mass is 10.1. The first-order valence-corrected chi connectivity index (χ1v) is 8.57. The van der Waals surface area contributed by atoms with E-state index in [0.717, 1.165) is 11.4 Å². The van der Waals surface area contributed by atoms with Crippen molar-refractivity contribution in [1.29, 1.82) is 0 Å². The van der Waals surface area contributed by atoms with E-state index in [1.807, 2.05) is 18.4 Å². The number of halogens is 3. The lowest BCUT2D eigenvalue weighted by molar-refractivity contribution is 0.0474. The molecule has 1 heterocycles. The van der Waals surface area contributed by atoms with Crippen LogP contribution in [-0.2, 0) is 9.47 Å². The molecule has 1 aromatic heterocycles. The van der Waals surface area contributed by atoms with E-state index in [1.54, 1.807) is 20.1 Å². The smallest absolute Gasteiger partial charge is 0.340 e. The molecule has 146 valence electrons. The van der Waals surface area contributed by atoms with Crippen LogP contribution in [0.3, 0.4) is 0 Å². The van der Waals surface area contributed by atoms with Crippen LogP contribution in [0.4, 0.5) is 8.78 Å². The van der Waals surface area contributed by atoms with Gasteiger partial charge in [0.05, 0.1) is 23.2 Å². The van der Waals surface area contributed by atoms with Gasteiger partial charge in [0.25, 0.3) is 0 Å². The van der Waals surface area contributed by atoms with Crippen LogP contribution in [0.2, 0.25) is 5.02 Å². The molecule has 0 spiro atoms. The second-order valence-corrected chi connectivity index (χ2v) is 6.61. The number of benzene rings is 1. The number of ketones is 1. The maximum atomic E-state index is 13.3. The van der Waals surface area contributed by atoms with E-state index in [1.165, 1.54) is 0 Å². The Bertz CT molecular complexity index is 879. The van der Waals surface area contributed by atoms with Gasteiger partial charge < -0.3 is 14.0 Å². The summed E-state index contributed by atoms with van der Waals surface area (Å²) in [5.41, 5.74) is 1.67. The minimum Gasteiger partial charge on any atom is -0.454 e. The molecule has 0 aliphatic carbocycles. The van der Waals surface area contributed by atoms with Crippen molar-refractivity contribution in [3.05, 3.63) is 57.4 Å². The quantitative estimate of drug-likeness (QED) is 0.396. The molecular weight excluding hydrogens is 380 g/mol. The third-order valence-electron chi connectivity index (χ3n) is 4.20. The van der Waals surface area contributed by atoms with Crippen LogP contribution in [0.25, 0.3) is 0 Å². The molecule has 0 aliphatic rings. The molecule has 0 N–H and O–H groups in total. The van der Waals surface area contributed by atoms with Gasteiger partial charge in [0.2, 0.25) is 5.78 Å². The number of hydrogen-bond acceptors (Lipinski definition) is 4. The number of carbonyl (C=O) groups excluding carboxylic acids is 2. The molecule has 5 nitrogen and oxygen atoms in total. The third kappa shape index (κ3) is 4.54. The predicted octanol–water partition coefficient (Wildman–Crippen LogP) is 4.28. The Hall–Kier alpha value is -2.25. The highest BCUT2D eigenvalue weighted by Crippen LogP contribution is 2.23. The summed E-state index contributed by atoms with van der Waals surface area (Å²) in [5, 5.41) is -0.294. The van der Waals surface area contributed by atoms with Gasteiger partial charge in [0.1, 0.15) is 0 Å². The Morgan fingerprint density at radius 1 is 1.15 bits per heavy atom. The Morgan fingerprint density at radius 3 is 2.41 bits per heavy atom. The van der Waals surface area contributed by atoms with Crippen LogP contribution >= 0.6 is 11.6 Å². The van der Waals surface area contributed by atoms with Crippen LogP contribution in [0.1, 0.15) is 45.1 Å². The van der Waals surface area contributed by atoms with E-state index in [0.29, 0.717) is 24.3 Å². The van der Waals surface area contributed by atoms with Gasteiger partial charge >= 0.3 is 5.97 Å². The molecule has 1 unspecified atom stereocenters. The van der Waals surface area contributed by atoms with E-state index >= 15 is 0 Å². The van der Waals surface area contributed by atoms with Gasteiger partial charge in [-0.15, -0.1) is 0 Å². The summed E-state index contributed by atoms with van der Waals surface area (Å²) in [7, 11) is 1.60. The van der Waals surface area contributed by atoms with Crippen molar-refractivity contribution in [3.63, 3.8) is 0 Å². The van der Waals surface area contributed by atoms with E-state index in [4.69, 9.17) is 21.1 Å². The molecule has 2 rings (SSSR count). The Balaban J connectivity index is 2.13. The number of aryl methyl sites for hydroxylation is 1. The molecular formula is C19H20ClF2NO4. The van der Waals surface area contributed by atoms with Crippen molar-refractivity contribution in [3.8, 4) is 0 Å². The highest BCUT2D eigenvalue weighted by Gasteiger charge is 2.21. The molecule has 1 aromatic carbocycles. The Kier molecular flexibility index (Phi) is 6.73. The monoisotopic (exact) mass is 399 g/mol. The van der Waals surface area contributed by atoms with E-state index in [2.05, 4.69) is 0 Å². The molecule has 0 saturated carbocycles. The van der Waals surface area contributed by atoms with Crippen LogP contribution in [0, 0.1) is 25.5 Å². The van der Waals surface area contributed by atoms with Crippen molar-refractivity contribution in [2.45, 2.75) is 26.8 Å². The molecule has 1 atom stereocenters. The maximum Gasteiger partial charge on any atom is 0.340 e. The Labute approximate surface area is 160 Å². The summed E-state index contributed by atoms with van der Waals surface area (Å²) in [4.78, 5) is 24.5. The SMILES string of the molecule is COCC(C)n1c(C)cc(C(=O)COC(=O)c2cc(F)c(F)cc2Cl)c1C. The standard InChI is InChI=1S/C19H20ClF2NO4/c1-10-5-13(12(3)23(10)11(2)8-26-4)18(24)9-27-19(25)14-6-16(21)17(22)7-15(14)20/h5-7,11H,8-9H2,1-4H3. The largest absolute Gasteiger partial charge is 0.454 e. The zero-order valence-corrected chi connectivity index (χ0v) is 16.2. The number of nitrogens with zero attached hydrogens (tertiary/aromatic N) is 1. The number of carbonyl (C=O) groups is 2. The van der Waals surface area contributed by atoms with Gasteiger partial charge in [-0.25, -0.2) is 13.6 Å². The van der Waals surface area contributed by atoms with Crippen LogP contribution in [0.5, 0.6) is 0 Å². The zero-order valence-electron chi connectivity index (χ0n) is 15.4. The van der Waals surface area contributed by atoms with Gasteiger partial charge in [0, 0.05) is 24.1 Å². The third-order valence-corrected chi connectivity index (χ3v) is 4.51. The van der Waals surface area contributed by atoms with Crippen molar-refractivity contribution in [1.82, 2.24) is 4.57 Å². The molecule has 0 saturated heterocycles. The van der Waals surface area contributed by atoms with Crippen molar-refractivity contribution >= 4 is 23.4 Å². The number of methoxy groups -OCH3 is 1. The fourth-order valence-electron chi connectivity index (χ4n) is 3.02. The number of hydrogen-bond donors (Lipinski definition) is 0. The highest BCUT2D eigenvalue weighted by molar-refractivity contribution is 6.33. The summed E-state index contributed by atoms with van der Waals surface area (Å²) < 4.78 is 38.4. The molecule has 2 aromatic rings. The average molecular weight is 400 g/mol. The minimum atomic E-state index is -1.23. The first-order valence-electron chi connectivity index (χ1n) is 8.19. The summed E-state index contributed by atoms with van der Waals surface area (Å²) >= 11 is 5.73. The minimum absolute atomic E-state index is 0.0279. The first kappa shape index (κ1) is 21.1. The highest BCUT2D eigenvalue weighted by atomic mass is 35.5. The first-order chi connectivity index (χ1) is 12.7. The molecule has 0 radical (unpaired) electrons. The second kappa shape index (κ2) is 8.63. The van der Waals surface area contributed by atoms with Crippen molar-refractivity contribution < 1.29 is 27.8 Å². The van der Waals surface area contributed by atoms with E-state index in [9.17, 15) is 18.4 Å². The molecule has 0 bridgehead atoms. The lowest BCUT2D eigenvalue weighted by Gasteiger charge is -2.17. The summed E-state index contributed by atoms with van der Waals surface area (Å²) in [6.45, 7) is 5.55. The normalized spacial score (nSPS) is 12.1. The maximum absolute atomic E-state index is 13.3. The van der Waals surface area contributed by atoms with Crippen LogP contribution in [-0.4, -0.2) is 36.6 Å². The average Bonchev–Trinajstić information content (AvgIpc) is 2.90. The van der Waals surface area contributed by atoms with Gasteiger partial charge in [-0.3, -0.25) is 4.79 Å². The molecule has 0 aliphatic heterocycles. The summed E-state index contributed by atoms with van der Waals surface area (Å²) in [6, 6.07) is 3.06. The summed E-state index contributed by atoms with van der Waals surface area (Å²) in [6.07, 6.45) is 0. The van der Waals surface area contributed by atoms with Crippen molar-refractivity contribution in [2.75, 3.05) is 20.3 Å². The van der Waals surface area contributed by atoms with E-state index < -0.39 is 30.0 Å².